The predicted molar refractivity (Wildman–Crippen MR) is 133 cm³/mol. The minimum absolute atomic E-state index is 0.167. The molecule has 0 N–H and O–H groups in total. The number of allylic oxidation sites excluding steroid dienone is 3. The van der Waals surface area contributed by atoms with Crippen LogP contribution in [0.4, 0.5) is 4.79 Å². The second-order valence-corrected chi connectivity index (χ2v) is 10.9. The summed E-state index contributed by atoms with van der Waals surface area (Å²) in [5.41, 5.74) is 1.22. The van der Waals surface area contributed by atoms with E-state index in [4.69, 9.17) is 14.2 Å². The Balaban J connectivity index is 1.27. The van der Waals surface area contributed by atoms with Gasteiger partial charge in [-0.25, -0.2) is 4.79 Å². The van der Waals surface area contributed by atoms with E-state index in [2.05, 4.69) is 29.2 Å². The average Bonchev–Trinajstić information content (AvgIpc) is 2.81. The van der Waals surface area contributed by atoms with Crippen molar-refractivity contribution in [2.75, 3.05) is 33.3 Å². The zero-order chi connectivity index (χ0) is 24.2. The van der Waals surface area contributed by atoms with Gasteiger partial charge in [-0.3, -0.25) is 4.90 Å². The fourth-order valence-corrected chi connectivity index (χ4v) is 5.19. The van der Waals surface area contributed by atoms with Crippen molar-refractivity contribution in [3.05, 3.63) is 53.5 Å². The van der Waals surface area contributed by atoms with E-state index in [1.165, 1.54) is 18.4 Å². The van der Waals surface area contributed by atoms with Crippen LogP contribution in [0.3, 0.4) is 0 Å². The average molecular weight is 469 g/mol. The molecule has 2 fully saturated rings. The maximum absolute atomic E-state index is 12.4. The zero-order valence-electron chi connectivity index (χ0n) is 21.3. The van der Waals surface area contributed by atoms with Gasteiger partial charge in [0.15, 0.2) is 5.76 Å². The Kier molecular flexibility index (Phi) is 7.56. The molecule has 0 bridgehead atoms. The van der Waals surface area contributed by atoms with Crippen LogP contribution >= 0.6 is 0 Å². The van der Waals surface area contributed by atoms with Gasteiger partial charge in [-0.15, -0.1) is 0 Å². The van der Waals surface area contributed by atoms with Gasteiger partial charge < -0.3 is 19.1 Å². The normalized spacial score (nSPS) is 21.0. The van der Waals surface area contributed by atoms with Crippen molar-refractivity contribution in [2.24, 2.45) is 5.41 Å². The Morgan fingerprint density at radius 2 is 1.76 bits per heavy atom. The van der Waals surface area contributed by atoms with Crippen LogP contribution < -0.4 is 4.74 Å². The van der Waals surface area contributed by atoms with Crippen LogP contribution in [0.5, 0.6) is 5.75 Å². The summed E-state index contributed by atoms with van der Waals surface area (Å²) in [7, 11) is 1.69. The largest absolute Gasteiger partial charge is 0.493 e. The molecule has 1 amide bonds. The standard InChI is InChI=1S/C28H40N2O4/c1-27(2,3)34-26(31)30-18-14-28(15-19-30)12-16-29(17-13-28)21-22-8-7-9-23(20-22)33-25-11-6-5-10-24(25)32-4/h5,7-10,20H,6,11-19,21H2,1-4H3. The molecule has 3 aliphatic rings. The molecule has 1 spiro atoms. The number of piperidine rings is 2. The monoisotopic (exact) mass is 468 g/mol. The van der Waals surface area contributed by atoms with Crippen molar-refractivity contribution in [3.63, 3.8) is 0 Å². The number of carbonyl (C=O) groups excluding carboxylic acids is 1. The maximum Gasteiger partial charge on any atom is 0.410 e. The van der Waals surface area contributed by atoms with Crippen LogP contribution in [0.2, 0.25) is 0 Å². The lowest BCUT2D eigenvalue weighted by Gasteiger charge is -2.46. The Bertz CT molecular complexity index is 913. The van der Waals surface area contributed by atoms with Crippen LogP contribution in [-0.4, -0.2) is 54.8 Å². The van der Waals surface area contributed by atoms with Crippen LogP contribution in [0.15, 0.2) is 47.9 Å². The van der Waals surface area contributed by atoms with Crippen LogP contribution in [0, 0.1) is 5.41 Å². The second-order valence-electron chi connectivity index (χ2n) is 10.9. The molecule has 4 rings (SSSR count). The highest BCUT2D eigenvalue weighted by atomic mass is 16.6. The first kappa shape index (κ1) is 24.6. The number of rotatable bonds is 5. The van der Waals surface area contributed by atoms with E-state index < -0.39 is 5.60 Å². The predicted octanol–water partition coefficient (Wildman–Crippen LogP) is 5.89. The molecular weight excluding hydrogens is 428 g/mol. The summed E-state index contributed by atoms with van der Waals surface area (Å²) >= 11 is 0. The van der Waals surface area contributed by atoms with Crippen molar-refractivity contribution < 1.29 is 19.0 Å². The summed E-state index contributed by atoms with van der Waals surface area (Å²) in [5, 5.41) is 0. The van der Waals surface area contributed by atoms with Gasteiger partial charge in [-0.05, 0) is 95.2 Å². The van der Waals surface area contributed by atoms with Gasteiger partial charge in [0.1, 0.15) is 17.1 Å². The van der Waals surface area contributed by atoms with Crippen molar-refractivity contribution in [2.45, 2.75) is 71.4 Å². The summed E-state index contributed by atoms with van der Waals surface area (Å²) in [6.07, 6.45) is 10.3. The molecule has 1 aromatic carbocycles. The molecule has 2 heterocycles. The lowest BCUT2D eigenvalue weighted by atomic mass is 9.71. The number of methoxy groups -OCH3 is 1. The lowest BCUT2D eigenvalue weighted by Crippen LogP contribution is -2.49. The second kappa shape index (κ2) is 10.4. The zero-order valence-corrected chi connectivity index (χ0v) is 21.3. The van der Waals surface area contributed by atoms with E-state index in [0.717, 1.165) is 75.7 Å². The SMILES string of the molecule is COC1=C(Oc2cccc(CN3CCC4(CC3)CCN(C(=O)OC(C)(C)C)CC4)c2)CCC=C1. The highest BCUT2D eigenvalue weighted by molar-refractivity contribution is 5.68. The molecule has 34 heavy (non-hydrogen) atoms. The number of likely N-dealkylation sites (tertiary alicyclic amines) is 2. The molecule has 0 radical (unpaired) electrons. The van der Waals surface area contributed by atoms with Crippen LogP contribution in [-0.2, 0) is 16.0 Å². The van der Waals surface area contributed by atoms with Gasteiger partial charge >= 0.3 is 6.09 Å². The molecule has 1 aliphatic carbocycles. The Morgan fingerprint density at radius 3 is 2.44 bits per heavy atom. The molecule has 0 aromatic heterocycles. The van der Waals surface area contributed by atoms with Gasteiger partial charge in [0.05, 0.1) is 7.11 Å². The van der Waals surface area contributed by atoms with Crippen molar-refractivity contribution in [1.29, 1.82) is 0 Å². The third kappa shape index (κ3) is 6.35. The lowest BCUT2D eigenvalue weighted by molar-refractivity contribution is -0.00312. The van der Waals surface area contributed by atoms with Crippen molar-refractivity contribution in [3.8, 4) is 5.75 Å². The molecule has 6 heteroatoms. The summed E-state index contributed by atoms with van der Waals surface area (Å²) in [6.45, 7) is 10.5. The fraction of sp³-hybridized carbons (Fsp3) is 0.607. The molecule has 0 saturated carbocycles. The van der Waals surface area contributed by atoms with E-state index in [1.807, 2.05) is 37.8 Å². The molecule has 6 nitrogen and oxygen atoms in total. The number of hydrogen-bond donors (Lipinski definition) is 0. The first-order chi connectivity index (χ1) is 16.3. The number of benzene rings is 1. The van der Waals surface area contributed by atoms with Crippen molar-refractivity contribution in [1.82, 2.24) is 9.80 Å². The summed E-state index contributed by atoms with van der Waals surface area (Å²) in [4.78, 5) is 16.8. The number of amides is 1. The smallest absolute Gasteiger partial charge is 0.410 e. The minimum Gasteiger partial charge on any atom is -0.493 e. The molecule has 0 unspecified atom stereocenters. The molecule has 186 valence electrons. The Morgan fingerprint density at radius 1 is 1.06 bits per heavy atom. The van der Waals surface area contributed by atoms with Crippen LogP contribution in [0.1, 0.15) is 64.9 Å². The highest BCUT2D eigenvalue weighted by Gasteiger charge is 2.39. The van der Waals surface area contributed by atoms with Gasteiger partial charge in [-0.1, -0.05) is 18.2 Å². The number of nitrogens with zero attached hydrogens (tertiary/aromatic N) is 2. The fourth-order valence-electron chi connectivity index (χ4n) is 5.19. The van der Waals surface area contributed by atoms with Crippen molar-refractivity contribution >= 4 is 6.09 Å². The van der Waals surface area contributed by atoms with Gasteiger partial charge in [0.25, 0.3) is 0 Å². The third-order valence-corrected chi connectivity index (χ3v) is 7.24. The Labute approximate surface area is 204 Å². The Hall–Kier alpha value is -2.47. The molecular formula is C28H40N2O4. The molecule has 1 aromatic rings. The summed E-state index contributed by atoms with van der Waals surface area (Å²) < 4.78 is 17.2. The summed E-state index contributed by atoms with van der Waals surface area (Å²) in [5.74, 6) is 2.59. The van der Waals surface area contributed by atoms with E-state index >= 15 is 0 Å². The minimum atomic E-state index is -0.434. The number of ether oxygens (including phenoxy) is 3. The van der Waals surface area contributed by atoms with E-state index in [0.29, 0.717) is 5.41 Å². The quantitative estimate of drug-likeness (QED) is 0.540. The van der Waals surface area contributed by atoms with Gasteiger partial charge in [-0.2, -0.15) is 0 Å². The van der Waals surface area contributed by atoms with E-state index in [9.17, 15) is 4.79 Å². The highest BCUT2D eigenvalue weighted by Crippen LogP contribution is 2.41. The molecule has 0 atom stereocenters. The third-order valence-electron chi connectivity index (χ3n) is 7.24. The topological polar surface area (TPSA) is 51.2 Å². The first-order valence-corrected chi connectivity index (χ1v) is 12.7. The van der Waals surface area contributed by atoms with Crippen LogP contribution in [0.25, 0.3) is 0 Å². The summed E-state index contributed by atoms with van der Waals surface area (Å²) in [6, 6.07) is 8.44. The van der Waals surface area contributed by atoms with E-state index in [1.54, 1.807) is 7.11 Å². The molecule has 2 aliphatic heterocycles. The maximum atomic E-state index is 12.4. The van der Waals surface area contributed by atoms with E-state index in [-0.39, 0.29) is 6.09 Å². The number of carbonyl (C=O) groups is 1. The first-order valence-electron chi connectivity index (χ1n) is 12.7. The van der Waals surface area contributed by atoms with Gasteiger partial charge in [0.2, 0.25) is 0 Å². The van der Waals surface area contributed by atoms with Gasteiger partial charge in [0, 0.05) is 26.1 Å². The number of hydrogen-bond acceptors (Lipinski definition) is 5. The molecule has 2 saturated heterocycles.